The number of allylic oxidation sites excluding steroid dienone is 12. The van der Waals surface area contributed by atoms with Crippen molar-refractivity contribution < 1.29 is 28.6 Å². The van der Waals surface area contributed by atoms with Gasteiger partial charge in [0.15, 0.2) is 6.10 Å². The van der Waals surface area contributed by atoms with Crippen LogP contribution in [0.15, 0.2) is 72.9 Å². The molecule has 0 saturated carbocycles. The third-order valence-electron chi connectivity index (χ3n) is 15.7. The molecule has 0 amide bonds. The van der Waals surface area contributed by atoms with Crippen LogP contribution >= 0.6 is 0 Å². The Bertz CT molecular complexity index is 1490. The fraction of sp³-hybridized carbons (Fsp3) is 0.800. The predicted molar refractivity (Wildman–Crippen MR) is 353 cm³/mol. The molecule has 0 saturated heterocycles. The highest BCUT2D eigenvalue weighted by Crippen LogP contribution is 2.18. The smallest absolute Gasteiger partial charge is 0.306 e. The van der Waals surface area contributed by atoms with Crippen LogP contribution < -0.4 is 0 Å². The van der Waals surface area contributed by atoms with Crippen molar-refractivity contribution in [2.45, 2.75) is 374 Å². The molecular weight excluding hydrogens is 997 g/mol. The quantitative estimate of drug-likeness (QED) is 0.0261. The van der Waals surface area contributed by atoms with Crippen LogP contribution in [0.3, 0.4) is 0 Å². The minimum atomic E-state index is -0.788. The Labute approximate surface area is 503 Å². The molecule has 0 bridgehead atoms. The molecule has 6 heteroatoms. The summed E-state index contributed by atoms with van der Waals surface area (Å²) in [6, 6.07) is 0. The second kappa shape index (κ2) is 69.3. The predicted octanol–water partition coefficient (Wildman–Crippen LogP) is 24.4. The number of esters is 3. The molecule has 1 atom stereocenters. The van der Waals surface area contributed by atoms with E-state index in [-0.39, 0.29) is 31.1 Å². The van der Waals surface area contributed by atoms with Gasteiger partial charge in [0, 0.05) is 19.3 Å². The van der Waals surface area contributed by atoms with Crippen molar-refractivity contribution in [2.24, 2.45) is 0 Å². The van der Waals surface area contributed by atoms with Gasteiger partial charge in [-0.15, -0.1) is 0 Å². The molecule has 0 aromatic carbocycles. The maximum absolute atomic E-state index is 13.0. The molecule has 0 heterocycles. The minimum absolute atomic E-state index is 0.0807. The number of carbonyl (C=O) groups excluding carboxylic acids is 3. The van der Waals surface area contributed by atoms with Crippen molar-refractivity contribution in [3.05, 3.63) is 72.9 Å². The highest BCUT2D eigenvalue weighted by Gasteiger charge is 2.19. The zero-order chi connectivity index (χ0) is 58.5. The van der Waals surface area contributed by atoms with Crippen molar-refractivity contribution in [1.29, 1.82) is 0 Å². The van der Waals surface area contributed by atoms with Gasteiger partial charge in [-0.3, -0.25) is 14.4 Å². The number of ether oxygens (including phenoxy) is 3. The Morgan fingerprint density at radius 3 is 0.765 bits per heavy atom. The molecule has 0 aliphatic heterocycles. The van der Waals surface area contributed by atoms with E-state index < -0.39 is 6.10 Å². The summed E-state index contributed by atoms with van der Waals surface area (Å²) in [5, 5.41) is 0. The summed E-state index contributed by atoms with van der Waals surface area (Å²) in [5.41, 5.74) is 0. The first-order chi connectivity index (χ1) is 40.0. The van der Waals surface area contributed by atoms with Crippen LogP contribution in [0.1, 0.15) is 367 Å². The second-order valence-electron chi connectivity index (χ2n) is 23.8. The summed E-state index contributed by atoms with van der Waals surface area (Å²) in [6.07, 6.45) is 90.7. The molecule has 0 fully saturated rings. The van der Waals surface area contributed by atoms with E-state index in [1.807, 2.05) is 0 Å². The third-order valence-corrected chi connectivity index (χ3v) is 15.7. The molecule has 0 rings (SSSR count). The van der Waals surface area contributed by atoms with E-state index in [2.05, 4.69) is 93.7 Å². The van der Waals surface area contributed by atoms with Crippen LogP contribution in [0, 0.1) is 0 Å². The molecule has 0 N–H and O–H groups in total. The van der Waals surface area contributed by atoms with Crippen molar-refractivity contribution in [2.75, 3.05) is 13.2 Å². The number of unbranched alkanes of at least 4 members (excludes halogenated alkanes) is 42. The molecular formula is C75H134O6. The third kappa shape index (κ3) is 67.5. The largest absolute Gasteiger partial charge is 0.462 e. The summed E-state index contributed by atoms with van der Waals surface area (Å²) < 4.78 is 17.0. The maximum Gasteiger partial charge on any atom is 0.306 e. The van der Waals surface area contributed by atoms with Crippen LogP contribution in [0.25, 0.3) is 0 Å². The minimum Gasteiger partial charge on any atom is -0.462 e. The SMILES string of the molecule is CC/C=C\C/C=C\C/C=C\C/C=C\CCCCCCCCC(=O)OC(COC(=O)CCCCCCCCC/C=C\C/C=C\CCCCCC)COC(=O)CCCCCCCCCCCCCCCCCCCCCCCCCCCC. The van der Waals surface area contributed by atoms with Gasteiger partial charge in [-0.05, 0) is 89.9 Å². The standard InChI is InChI=1S/C75H134O6/c1-4-7-10-13-16-19-22-25-28-31-34-35-36-37-38-39-40-42-44-47-50-53-56-59-62-65-68-74(77)80-71-72(70-79-73(76)67-64-61-58-55-52-49-46-43-33-30-27-24-21-18-15-12-9-6-3)81-75(78)69-66-63-60-57-54-51-48-45-41-32-29-26-23-20-17-14-11-8-5-2/h8,11,17,20-21,24,26,29-30,33,41,45,72H,4-7,9-10,12-16,18-19,22-23,25,27-28,31-32,34-40,42-44,46-71H2,1-3H3/b11-8-,20-17-,24-21-,29-26-,33-30-,45-41-. The lowest BCUT2D eigenvalue weighted by atomic mass is 10.0. The topological polar surface area (TPSA) is 78.9 Å². The van der Waals surface area contributed by atoms with Crippen molar-refractivity contribution in [3.63, 3.8) is 0 Å². The molecule has 0 aromatic heterocycles. The van der Waals surface area contributed by atoms with Gasteiger partial charge in [0.2, 0.25) is 0 Å². The molecule has 1 unspecified atom stereocenters. The van der Waals surface area contributed by atoms with E-state index in [0.717, 1.165) is 109 Å². The van der Waals surface area contributed by atoms with Gasteiger partial charge in [-0.2, -0.15) is 0 Å². The zero-order valence-corrected chi connectivity index (χ0v) is 54.1. The monoisotopic (exact) mass is 1130 g/mol. The number of hydrogen-bond acceptors (Lipinski definition) is 6. The first-order valence-electron chi connectivity index (χ1n) is 35.4. The summed E-state index contributed by atoms with van der Waals surface area (Å²) in [5.74, 6) is -0.881. The van der Waals surface area contributed by atoms with E-state index in [1.54, 1.807) is 0 Å². The number of rotatable bonds is 65. The van der Waals surface area contributed by atoms with E-state index in [4.69, 9.17) is 14.2 Å². The lowest BCUT2D eigenvalue weighted by molar-refractivity contribution is -0.167. The Kier molecular flexibility index (Phi) is 66.6. The zero-order valence-electron chi connectivity index (χ0n) is 54.1. The van der Waals surface area contributed by atoms with E-state index in [1.165, 1.54) is 218 Å². The molecule has 0 aliphatic carbocycles. The van der Waals surface area contributed by atoms with Crippen LogP contribution in [0.5, 0.6) is 0 Å². The first-order valence-corrected chi connectivity index (χ1v) is 35.4. The van der Waals surface area contributed by atoms with Gasteiger partial charge < -0.3 is 14.2 Å². The van der Waals surface area contributed by atoms with Crippen molar-refractivity contribution in [1.82, 2.24) is 0 Å². The van der Waals surface area contributed by atoms with E-state index in [9.17, 15) is 14.4 Å². The fourth-order valence-electron chi connectivity index (χ4n) is 10.4. The van der Waals surface area contributed by atoms with Crippen LogP contribution in [0.2, 0.25) is 0 Å². The summed E-state index contributed by atoms with van der Waals surface area (Å²) >= 11 is 0. The van der Waals surface area contributed by atoms with Crippen LogP contribution in [-0.2, 0) is 28.6 Å². The summed E-state index contributed by atoms with van der Waals surface area (Å²) in [6.45, 7) is 6.55. The van der Waals surface area contributed by atoms with Gasteiger partial charge >= 0.3 is 17.9 Å². The maximum atomic E-state index is 13.0. The highest BCUT2D eigenvalue weighted by molar-refractivity contribution is 5.71. The average molecular weight is 1130 g/mol. The Hall–Kier alpha value is -3.15. The normalized spacial score (nSPS) is 12.5. The van der Waals surface area contributed by atoms with Gasteiger partial charge in [0.1, 0.15) is 13.2 Å². The molecule has 0 spiro atoms. The lowest BCUT2D eigenvalue weighted by Crippen LogP contribution is -2.30. The lowest BCUT2D eigenvalue weighted by Gasteiger charge is -2.18. The van der Waals surface area contributed by atoms with Crippen molar-refractivity contribution >= 4 is 17.9 Å². The van der Waals surface area contributed by atoms with Gasteiger partial charge in [0.05, 0.1) is 0 Å². The fourth-order valence-corrected chi connectivity index (χ4v) is 10.4. The molecule has 0 radical (unpaired) electrons. The highest BCUT2D eigenvalue weighted by atomic mass is 16.6. The van der Waals surface area contributed by atoms with Gasteiger partial charge in [0.25, 0.3) is 0 Å². The first kappa shape index (κ1) is 77.9. The summed E-state index contributed by atoms with van der Waals surface area (Å²) in [4.78, 5) is 38.5. The van der Waals surface area contributed by atoms with Gasteiger partial charge in [-0.25, -0.2) is 0 Å². The number of hydrogen-bond donors (Lipinski definition) is 0. The summed E-state index contributed by atoms with van der Waals surface area (Å²) in [7, 11) is 0. The van der Waals surface area contributed by atoms with Crippen LogP contribution in [0.4, 0.5) is 0 Å². The van der Waals surface area contributed by atoms with Gasteiger partial charge in [-0.1, -0.05) is 331 Å². The molecule has 81 heavy (non-hydrogen) atoms. The molecule has 0 aromatic rings. The van der Waals surface area contributed by atoms with Crippen molar-refractivity contribution in [3.8, 4) is 0 Å². The average Bonchev–Trinajstić information content (AvgIpc) is 3.47. The Morgan fingerprint density at radius 1 is 0.259 bits per heavy atom. The molecule has 0 aliphatic rings. The van der Waals surface area contributed by atoms with Crippen LogP contribution in [-0.4, -0.2) is 37.2 Å². The van der Waals surface area contributed by atoms with E-state index in [0.29, 0.717) is 19.3 Å². The second-order valence-corrected chi connectivity index (χ2v) is 23.8. The number of carbonyl (C=O) groups is 3. The van der Waals surface area contributed by atoms with E-state index >= 15 is 0 Å². The Morgan fingerprint density at radius 2 is 0.481 bits per heavy atom. The Balaban J connectivity index is 4.32. The molecule has 6 nitrogen and oxygen atoms in total. The molecule has 470 valence electrons.